The zero-order valence-electron chi connectivity index (χ0n) is 11.2. The molecule has 19 heavy (non-hydrogen) atoms. The van der Waals surface area contributed by atoms with Gasteiger partial charge in [0.05, 0.1) is 17.9 Å². The summed E-state index contributed by atoms with van der Waals surface area (Å²) in [5, 5.41) is 7.39. The lowest BCUT2D eigenvalue weighted by Gasteiger charge is -2.17. The van der Waals surface area contributed by atoms with Crippen LogP contribution in [0.5, 0.6) is 0 Å². The van der Waals surface area contributed by atoms with Crippen LogP contribution in [0.3, 0.4) is 0 Å². The second-order valence-electron chi connectivity index (χ2n) is 4.76. The van der Waals surface area contributed by atoms with E-state index in [4.69, 9.17) is 5.73 Å². The van der Waals surface area contributed by atoms with Crippen molar-refractivity contribution in [2.24, 2.45) is 5.73 Å². The minimum absolute atomic E-state index is 0.149. The Bertz CT molecular complexity index is 536. The molecule has 0 radical (unpaired) electrons. The third-order valence-corrected chi connectivity index (χ3v) is 2.99. The predicted octanol–water partition coefficient (Wildman–Crippen LogP) is 2.72. The quantitative estimate of drug-likeness (QED) is 0.871. The highest BCUT2D eigenvalue weighted by Gasteiger charge is 2.14. The van der Waals surface area contributed by atoms with Gasteiger partial charge in [-0.25, -0.2) is 4.39 Å². The lowest BCUT2D eigenvalue weighted by molar-refractivity contribution is 0.531. The van der Waals surface area contributed by atoms with Gasteiger partial charge in [-0.3, -0.25) is 4.68 Å². The van der Waals surface area contributed by atoms with Gasteiger partial charge in [0.2, 0.25) is 0 Å². The molecule has 2 rings (SSSR count). The molecule has 1 atom stereocenters. The van der Waals surface area contributed by atoms with Crippen LogP contribution in [0.4, 0.5) is 10.1 Å². The third-order valence-electron chi connectivity index (χ3n) is 2.99. The maximum absolute atomic E-state index is 13.6. The zero-order valence-corrected chi connectivity index (χ0v) is 11.2. The number of nitrogens with one attached hydrogen (secondary N) is 1. The van der Waals surface area contributed by atoms with Gasteiger partial charge in [-0.2, -0.15) is 5.10 Å². The van der Waals surface area contributed by atoms with Crippen molar-refractivity contribution >= 4 is 5.69 Å². The van der Waals surface area contributed by atoms with Crippen molar-refractivity contribution in [2.45, 2.75) is 25.9 Å². The van der Waals surface area contributed by atoms with Gasteiger partial charge >= 0.3 is 0 Å². The molecule has 1 heterocycles. The highest BCUT2D eigenvalue weighted by Crippen LogP contribution is 2.21. The van der Waals surface area contributed by atoms with Crippen LogP contribution in [-0.4, -0.2) is 16.3 Å². The number of hydrogen-bond acceptors (Lipinski definition) is 3. The van der Waals surface area contributed by atoms with E-state index in [1.807, 2.05) is 10.9 Å². The van der Waals surface area contributed by atoms with Crippen LogP contribution >= 0.6 is 0 Å². The Labute approximate surface area is 112 Å². The summed E-state index contributed by atoms with van der Waals surface area (Å²) >= 11 is 0. The molecule has 0 spiro atoms. The van der Waals surface area contributed by atoms with Crippen molar-refractivity contribution in [3.05, 3.63) is 48.0 Å². The molecule has 0 aliphatic rings. The fourth-order valence-corrected chi connectivity index (χ4v) is 1.86. The van der Waals surface area contributed by atoms with Crippen molar-refractivity contribution in [1.29, 1.82) is 0 Å². The van der Waals surface area contributed by atoms with Crippen LogP contribution in [0.25, 0.3) is 0 Å². The molecule has 2 aromatic rings. The van der Waals surface area contributed by atoms with Gasteiger partial charge in [0, 0.05) is 24.3 Å². The smallest absolute Gasteiger partial charge is 0.146 e. The van der Waals surface area contributed by atoms with E-state index in [1.54, 1.807) is 24.4 Å². The molecule has 0 aliphatic carbocycles. The average molecular weight is 262 g/mol. The monoisotopic (exact) mass is 262 g/mol. The Hall–Kier alpha value is -1.88. The fourth-order valence-electron chi connectivity index (χ4n) is 1.86. The average Bonchev–Trinajstić information content (AvgIpc) is 2.87. The van der Waals surface area contributed by atoms with E-state index in [-0.39, 0.29) is 11.9 Å². The molecule has 1 aromatic heterocycles. The first kappa shape index (κ1) is 13.5. The number of anilines is 1. The number of rotatable bonds is 5. The molecule has 1 unspecified atom stereocenters. The molecule has 4 nitrogen and oxygen atoms in total. The molecule has 0 saturated heterocycles. The van der Waals surface area contributed by atoms with Gasteiger partial charge in [-0.15, -0.1) is 0 Å². The summed E-state index contributed by atoms with van der Waals surface area (Å²) in [5.74, 6) is -0.280. The van der Waals surface area contributed by atoms with Crippen LogP contribution in [0, 0.1) is 5.82 Å². The minimum Gasteiger partial charge on any atom is -0.374 e. The second-order valence-corrected chi connectivity index (χ2v) is 4.76. The standard InChI is InChI=1S/C14H19FN4/c1-10(2)19-9-11(8-17-19)14(7-16)18-13-6-4-3-5-12(13)15/h3-6,8-10,14,18H,7,16H2,1-2H3. The van der Waals surface area contributed by atoms with E-state index in [0.717, 1.165) is 5.56 Å². The molecule has 102 valence electrons. The normalized spacial score (nSPS) is 12.7. The Morgan fingerprint density at radius 3 is 2.68 bits per heavy atom. The van der Waals surface area contributed by atoms with Gasteiger partial charge in [0.25, 0.3) is 0 Å². The second kappa shape index (κ2) is 5.84. The van der Waals surface area contributed by atoms with Gasteiger partial charge in [0.15, 0.2) is 0 Å². The van der Waals surface area contributed by atoms with Gasteiger partial charge in [0.1, 0.15) is 5.82 Å². The van der Waals surface area contributed by atoms with Crippen molar-refractivity contribution in [3.63, 3.8) is 0 Å². The van der Waals surface area contributed by atoms with Crippen molar-refractivity contribution in [1.82, 2.24) is 9.78 Å². The van der Waals surface area contributed by atoms with E-state index >= 15 is 0 Å². The van der Waals surface area contributed by atoms with Crippen molar-refractivity contribution in [3.8, 4) is 0 Å². The molecule has 0 fully saturated rings. The summed E-state index contributed by atoms with van der Waals surface area (Å²) in [6.07, 6.45) is 3.71. The number of hydrogen-bond donors (Lipinski definition) is 2. The molecule has 5 heteroatoms. The lowest BCUT2D eigenvalue weighted by Crippen LogP contribution is -2.20. The first-order chi connectivity index (χ1) is 9.11. The van der Waals surface area contributed by atoms with E-state index in [0.29, 0.717) is 18.3 Å². The Balaban J connectivity index is 2.18. The first-order valence-corrected chi connectivity index (χ1v) is 6.37. The number of halogens is 1. The van der Waals surface area contributed by atoms with Crippen LogP contribution in [0.2, 0.25) is 0 Å². The van der Waals surface area contributed by atoms with E-state index in [9.17, 15) is 4.39 Å². The molecular weight excluding hydrogens is 243 g/mol. The van der Waals surface area contributed by atoms with E-state index < -0.39 is 0 Å². The fraction of sp³-hybridized carbons (Fsp3) is 0.357. The molecule has 0 aliphatic heterocycles. The third kappa shape index (κ3) is 3.12. The summed E-state index contributed by atoms with van der Waals surface area (Å²) in [6, 6.07) is 6.72. The lowest BCUT2D eigenvalue weighted by atomic mass is 10.1. The van der Waals surface area contributed by atoms with Crippen LogP contribution in [-0.2, 0) is 0 Å². The zero-order chi connectivity index (χ0) is 13.8. The number of nitrogens with zero attached hydrogens (tertiary/aromatic N) is 2. The largest absolute Gasteiger partial charge is 0.374 e. The van der Waals surface area contributed by atoms with Crippen LogP contribution in [0.1, 0.15) is 31.5 Å². The summed E-state index contributed by atoms with van der Waals surface area (Å²) in [6.45, 7) is 4.48. The molecule has 0 bridgehead atoms. The molecular formula is C14H19FN4. The highest BCUT2D eigenvalue weighted by atomic mass is 19.1. The molecule has 3 N–H and O–H groups in total. The highest BCUT2D eigenvalue weighted by molar-refractivity contribution is 5.46. The number of nitrogens with two attached hydrogens (primary N) is 1. The Morgan fingerprint density at radius 1 is 1.37 bits per heavy atom. The van der Waals surface area contributed by atoms with Crippen LogP contribution < -0.4 is 11.1 Å². The SMILES string of the molecule is CC(C)n1cc(C(CN)Nc2ccccc2F)cn1. The Morgan fingerprint density at radius 2 is 2.11 bits per heavy atom. The van der Waals surface area contributed by atoms with Crippen LogP contribution in [0.15, 0.2) is 36.7 Å². The maximum Gasteiger partial charge on any atom is 0.146 e. The van der Waals surface area contributed by atoms with Crippen molar-refractivity contribution < 1.29 is 4.39 Å². The minimum atomic E-state index is -0.280. The van der Waals surface area contributed by atoms with E-state index in [1.165, 1.54) is 6.07 Å². The summed E-state index contributed by atoms with van der Waals surface area (Å²) < 4.78 is 15.5. The molecule has 0 amide bonds. The first-order valence-electron chi connectivity index (χ1n) is 6.37. The molecule has 1 aromatic carbocycles. The predicted molar refractivity (Wildman–Crippen MR) is 74.4 cm³/mol. The number of aromatic nitrogens is 2. The van der Waals surface area contributed by atoms with E-state index in [2.05, 4.69) is 24.3 Å². The van der Waals surface area contributed by atoms with Gasteiger partial charge in [-0.1, -0.05) is 12.1 Å². The Kier molecular flexibility index (Phi) is 4.16. The summed E-state index contributed by atoms with van der Waals surface area (Å²) in [4.78, 5) is 0. The number of benzene rings is 1. The topological polar surface area (TPSA) is 55.9 Å². The molecule has 0 saturated carbocycles. The summed E-state index contributed by atoms with van der Waals surface area (Å²) in [5.41, 5.74) is 7.18. The van der Waals surface area contributed by atoms with Crippen molar-refractivity contribution in [2.75, 3.05) is 11.9 Å². The maximum atomic E-state index is 13.6. The summed E-state index contributed by atoms with van der Waals surface area (Å²) in [7, 11) is 0. The van der Waals surface area contributed by atoms with Gasteiger partial charge < -0.3 is 11.1 Å². The van der Waals surface area contributed by atoms with Gasteiger partial charge in [-0.05, 0) is 26.0 Å². The number of para-hydroxylation sites is 1.